The Kier molecular flexibility index (Phi) is 4.62. The molecule has 3 heteroatoms. The first-order valence-corrected chi connectivity index (χ1v) is 6.93. The molecular weight excluding hydrogens is 198 g/mol. The summed E-state index contributed by atoms with van der Waals surface area (Å²) in [4.78, 5) is 5.29. The van der Waals surface area contributed by atoms with Gasteiger partial charge in [-0.2, -0.15) is 0 Å². The third-order valence-electron chi connectivity index (χ3n) is 4.01. The van der Waals surface area contributed by atoms with Crippen LogP contribution >= 0.6 is 0 Å². The lowest BCUT2D eigenvalue weighted by atomic mass is 9.96. The zero-order valence-electron chi connectivity index (χ0n) is 10.9. The Morgan fingerprint density at radius 3 is 2.62 bits per heavy atom. The number of hydrogen-bond donors (Lipinski definition) is 1. The van der Waals surface area contributed by atoms with Crippen LogP contribution in [0.5, 0.6) is 0 Å². The number of hydrogen-bond acceptors (Lipinski definition) is 3. The second kappa shape index (κ2) is 5.99. The lowest BCUT2D eigenvalue weighted by molar-refractivity contribution is 0.105. The molecule has 0 bridgehead atoms. The first-order valence-electron chi connectivity index (χ1n) is 6.93. The molecule has 0 aromatic carbocycles. The van der Waals surface area contributed by atoms with Crippen molar-refractivity contribution in [3.05, 3.63) is 0 Å². The highest BCUT2D eigenvalue weighted by Gasteiger charge is 2.23. The van der Waals surface area contributed by atoms with E-state index in [1.807, 2.05) is 0 Å². The van der Waals surface area contributed by atoms with E-state index in [1.165, 1.54) is 58.7 Å². The summed E-state index contributed by atoms with van der Waals surface area (Å²) < 4.78 is 0. The van der Waals surface area contributed by atoms with Crippen molar-refractivity contribution < 1.29 is 0 Å². The van der Waals surface area contributed by atoms with Crippen LogP contribution in [-0.4, -0.2) is 61.7 Å². The minimum Gasteiger partial charge on any atom is -0.314 e. The standard InChI is InChI=1S/C13H27N3/c1-12(2)16-7-3-4-13(11-16)10-15-8-5-14-6-9-15/h12-14H,3-11H2,1-2H3/t13-/m1/s1. The van der Waals surface area contributed by atoms with E-state index in [2.05, 4.69) is 29.0 Å². The Bertz CT molecular complexity index is 199. The van der Waals surface area contributed by atoms with Crippen molar-refractivity contribution >= 4 is 0 Å². The zero-order valence-corrected chi connectivity index (χ0v) is 10.9. The maximum absolute atomic E-state index is 3.43. The molecule has 2 heterocycles. The van der Waals surface area contributed by atoms with Gasteiger partial charge in [-0.15, -0.1) is 0 Å². The van der Waals surface area contributed by atoms with Crippen molar-refractivity contribution in [1.29, 1.82) is 0 Å². The Labute approximate surface area is 100 Å². The molecule has 0 unspecified atom stereocenters. The second-order valence-corrected chi connectivity index (χ2v) is 5.65. The molecule has 3 nitrogen and oxygen atoms in total. The molecule has 2 fully saturated rings. The minimum absolute atomic E-state index is 0.728. The topological polar surface area (TPSA) is 18.5 Å². The van der Waals surface area contributed by atoms with Crippen LogP contribution in [0.25, 0.3) is 0 Å². The van der Waals surface area contributed by atoms with Crippen LogP contribution < -0.4 is 5.32 Å². The number of rotatable bonds is 3. The van der Waals surface area contributed by atoms with Crippen LogP contribution in [0.2, 0.25) is 0 Å². The van der Waals surface area contributed by atoms with E-state index in [0.717, 1.165) is 12.0 Å². The summed E-state index contributed by atoms with van der Waals surface area (Å²) in [5.41, 5.74) is 0. The number of likely N-dealkylation sites (tertiary alicyclic amines) is 1. The van der Waals surface area contributed by atoms with E-state index in [9.17, 15) is 0 Å². The van der Waals surface area contributed by atoms with Gasteiger partial charge in [0.25, 0.3) is 0 Å². The van der Waals surface area contributed by atoms with Gasteiger partial charge in [0.1, 0.15) is 0 Å². The molecule has 16 heavy (non-hydrogen) atoms. The molecule has 0 radical (unpaired) electrons. The maximum atomic E-state index is 3.43. The smallest absolute Gasteiger partial charge is 0.0107 e. The largest absolute Gasteiger partial charge is 0.314 e. The fourth-order valence-corrected chi connectivity index (χ4v) is 2.97. The highest BCUT2D eigenvalue weighted by atomic mass is 15.2. The average molecular weight is 225 g/mol. The Balaban J connectivity index is 1.75. The van der Waals surface area contributed by atoms with Crippen LogP contribution in [0, 0.1) is 5.92 Å². The molecule has 94 valence electrons. The van der Waals surface area contributed by atoms with Gasteiger partial charge >= 0.3 is 0 Å². The van der Waals surface area contributed by atoms with Gasteiger partial charge in [0, 0.05) is 45.3 Å². The van der Waals surface area contributed by atoms with Gasteiger partial charge in [0.15, 0.2) is 0 Å². The van der Waals surface area contributed by atoms with Crippen molar-refractivity contribution in [1.82, 2.24) is 15.1 Å². The van der Waals surface area contributed by atoms with E-state index < -0.39 is 0 Å². The molecule has 0 aliphatic carbocycles. The molecule has 2 aliphatic heterocycles. The molecule has 2 aliphatic rings. The van der Waals surface area contributed by atoms with E-state index in [1.54, 1.807) is 0 Å². The number of nitrogens with one attached hydrogen (secondary N) is 1. The Morgan fingerprint density at radius 1 is 1.19 bits per heavy atom. The van der Waals surface area contributed by atoms with Gasteiger partial charge in [-0.25, -0.2) is 0 Å². The van der Waals surface area contributed by atoms with Gasteiger partial charge in [0.2, 0.25) is 0 Å². The van der Waals surface area contributed by atoms with Gasteiger partial charge < -0.3 is 15.1 Å². The number of nitrogens with zero attached hydrogens (tertiary/aromatic N) is 2. The van der Waals surface area contributed by atoms with Crippen molar-refractivity contribution in [2.75, 3.05) is 45.8 Å². The van der Waals surface area contributed by atoms with Crippen LogP contribution in [0.4, 0.5) is 0 Å². The lowest BCUT2D eigenvalue weighted by Crippen LogP contribution is -2.48. The Morgan fingerprint density at radius 2 is 1.94 bits per heavy atom. The van der Waals surface area contributed by atoms with Crippen molar-refractivity contribution in [2.45, 2.75) is 32.7 Å². The summed E-state index contributed by atoms with van der Waals surface area (Å²) in [7, 11) is 0. The molecule has 0 saturated carbocycles. The molecule has 0 spiro atoms. The summed E-state index contributed by atoms with van der Waals surface area (Å²) in [6, 6.07) is 0.728. The molecule has 2 rings (SSSR count). The highest BCUT2D eigenvalue weighted by Crippen LogP contribution is 2.19. The van der Waals surface area contributed by atoms with Crippen LogP contribution in [-0.2, 0) is 0 Å². The number of piperazine rings is 1. The van der Waals surface area contributed by atoms with Crippen LogP contribution in [0.1, 0.15) is 26.7 Å². The third kappa shape index (κ3) is 3.44. The van der Waals surface area contributed by atoms with E-state index >= 15 is 0 Å². The fraction of sp³-hybridized carbons (Fsp3) is 1.00. The molecule has 0 amide bonds. The predicted molar refractivity (Wildman–Crippen MR) is 68.7 cm³/mol. The zero-order chi connectivity index (χ0) is 11.4. The van der Waals surface area contributed by atoms with Gasteiger partial charge in [-0.05, 0) is 39.2 Å². The third-order valence-corrected chi connectivity index (χ3v) is 4.01. The van der Waals surface area contributed by atoms with Gasteiger partial charge in [0.05, 0.1) is 0 Å². The van der Waals surface area contributed by atoms with Crippen LogP contribution in [0.15, 0.2) is 0 Å². The van der Waals surface area contributed by atoms with E-state index in [0.29, 0.717) is 0 Å². The normalized spacial score (nSPS) is 29.8. The highest BCUT2D eigenvalue weighted by molar-refractivity contribution is 4.79. The van der Waals surface area contributed by atoms with Crippen molar-refractivity contribution in [3.63, 3.8) is 0 Å². The second-order valence-electron chi connectivity index (χ2n) is 5.65. The average Bonchev–Trinajstić information content (AvgIpc) is 2.30. The van der Waals surface area contributed by atoms with Crippen molar-refractivity contribution in [3.8, 4) is 0 Å². The first-order chi connectivity index (χ1) is 7.75. The molecule has 1 N–H and O–H groups in total. The first kappa shape index (κ1) is 12.3. The van der Waals surface area contributed by atoms with Gasteiger partial charge in [-0.3, -0.25) is 0 Å². The fourth-order valence-electron chi connectivity index (χ4n) is 2.97. The summed E-state index contributed by atoms with van der Waals surface area (Å²) in [6.45, 7) is 13.5. The molecule has 1 atom stereocenters. The molecule has 2 saturated heterocycles. The molecular formula is C13H27N3. The number of piperidine rings is 1. The molecule has 0 aromatic heterocycles. The van der Waals surface area contributed by atoms with Gasteiger partial charge in [-0.1, -0.05) is 0 Å². The summed E-state index contributed by atoms with van der Waals surface area (Å²) in [5, 5.41) is 3.43. The quantitative estimate of drug-likeness (QED) is 0.773. The van der Waals surface area contributed by atoms with Crippen molar-refractivity contribution in [2.24, 2.45) is 5.92 Å². The predicted octanol–water partition coefficient (Wildman–Crippen LogP) is 1.01. The van der Waals surface area contributed by atoms with E-state index in [-0.39, 0.29) is 0 Å². The minimum atomic E-state index is 0.728. The summed E-state index contributed by atoms with van der Waals surface area (Å²) in [5.74, 6) is 0.911. The summed E-state index contributed by atoms with van der Waals surface area (Å²) in [6.07, 6.45) is 2.84. The monoisotopic (exact) mass is 225 g/mol. The van der Waals surface area contributed by atoms with Crippen LogP contribution in [0.3, 0.4) is 0 Å². The summed E-state index contributed by atoms with van der Waals surface area (Å²) >= 11 is 0. The molecule has 0 aromatic rings. The maximum Gasteiger partial charge on any atom is 0.0107 e. The lowest BCUT2D eigenvalue weighted by Gasteiger charge is -2.38. The SMILES string of the molecule is CC(C)N1CCC[C@H](CN2CCNCC2)C1. The Hall–Kier alpha value is -0.120. The van der Waals surface area contributed by atoms with E-state index in [4.69, 9.17) is 0 Å².